The highest BCUT2D eigenvalue weighted by Crippen LogP contribution is 2.25. The minimum absolute atomic E-state index is 0.0856. The van der Waals surface area contributed by atoms with Gasteiger partial charge >= 0.3 is 0 Å². The Morgan fingerprint density at radius 3 is 2.64 bits per heavy atom. The van der Waals surface area contributed by atoms with Gasteiger partial charge in [-0.05, 0) is 25.0 Å². The van der Waals surface area contributed by atoms with E-state index in [9.17, 15) is 9.59 Å². The molecular formula is C17H20N4O4. The fourth-order valence-electron chi connectivity index (χ4n) is 3.42. The number of nitrogens with zero attached hydrogens (tertiary/aromatic N) is 4. The molecule has 0 saturated carbocycles. The van der Waals surface area contributed by atoms with Crippen molar-refractivity contribution in [3.8, 4) is 0 Å². The van der Waals surface area contributed by atoms with E-state index in [-0.39, 0.29) is 24.3 Å². The highest BCUT2D eigenvalue weighted by atomic mass is 16.7. The van der Waals surface area contributed by atoms with Crippen molar-refractivity contribution < 1.29 is 14.3 Å². The highest BCUT2D eigenvalue weighted by Gasteiger charge is 2.31. The minimum atomic E-state index is -0.290. The Labute approximate surface area is 144 Å². The van der Waals surface area contributed by atoms with Crippen molar-refractivity contribution in [2.45, 2.75) is 25.7 Å². The van der Waals surface area contributed by atoms with Gasteiger partial charge in [-0.25, -0.2) is 4.68 Å². The quantitative estimate of drug-likeness (QED) is 0.801. The molecule has 1 aromatic carbocycles. The maximum atomic E-state index is 12.5. The normalized spacial score (nSPS) is 19.6. The zero-order chi connectivity index (χ0) is 17.2. The van der Waals surface area contributed by atoms with Crippen molar-refractivity contribution in [1.29, 1.82) is 0 Å². The number of amides is 1. The number of benzene rings is 1. The molecular weight excluding hydrogens is 324 g/mol. The van der Waals surface area contributed by atoms with Crippen LogP contribution in [0.1, 0.15) is 12.8 Å². The van der Waals surface area contributed by atoms with Crippen molar-refractivity contribution in [3.63, 3.8) is 0 Å². The fraction of sp³-hybridized carbons (Fsp3) is 0.529. The molecule has 0 bridgehead atoms. The van der Waals surface area contributed by atoms with Crippen LogP contribution in [0.5, 0.6) is 0 Å². The second-order valence-corrected chi connectivity index (χ2v) is 6.40. The van der Waals surface area contributed by atoms with Gasteiger partial charge in [-0.15, -0.1) is 5.10 Å². The summed E-state index contributed by atoms with van der Waals surface area (Å²) in [6.45, 7) is 2.49. The molecule has 0 radical (unpaired) electrons. The molecule has 2 saturated heterocycles. The van der Waals surface area contributed by atoms with Crippen molar-refractivity contribution in [1.82, 2.24) is 19.9 Å². The molecule has 4 rings (SSSR count). The summed E-state index contributed by atoms with van der Waals surface area (Å²) in [6.07, 6.45) is 1.55. The molecule has 3 heterocycles. The second kappa shape index (κ2) is 6.89. The number of carbonyl (C=O) groups excluding carboxylic acids is 1. The molecule has 0 N–H and O–H groups in total. The first-order chi connectivity index (χ1) is 12.2. The number of piperidine rings is 1. The van der Waals surface area contributed by atoms with E-state index in [1.165, 1.54) is 0 Å². The van der Waals surface area contributed by atoms with E-state index in [0.717, 1.165) is 17.5 Å². The summed E-state index contributed by atoms with van der Waals surface area (Å²) in [5.41, 5.74) is 0.246. The molecule has 2 fully saturated rings. The van der Waals surface area contributed by atoms with Gasteiger partial charge in [0.05, 0.1) is 18.6 Å². The highest BCUT2D eigenvalue weighted by molar-refractivity contribution is 5.78. The van der Waals surface area contributed by atoms with Gasteiger partial charge in [0.25, 0.3) is 5.56 Å². The van der Waals surface area contributed by atoms with Gasteiger partial charge < -0.3 is 14.4 Å². The van der Waals surface area contributed by atoms with Gasteiger partial charge in [0.1, 0.15) is 12.1 Å². The van der Waals surface area contributed by atoms with Crippen LogP contribution in [0, 0.1) is 5.92 Å². The first-order valence-electron chi connectivity index (χ1n) is 8.56. The zero-order valence-corrected chi connectivity index (χ0v) is 13.8. The molecule has 0 unspecified atom stereocenters. The molecule has 132 valence electrons. The van der Waals surface area contributed by atoms with Crippen LogP contribution < -0.4 is 5.56 Å². The summed E-state index contributed by atoms with van der Waals surface area (Å²) >= 11 is 0. The summed E-state index contributed by atoms with van der Waals surface area (Å²) in [6, 6.07) is 7.00. The number of ether oxygens (including phenoxy) is 2. The number of aromatic nitrogens is 3. The SMILES string of the molecule is O=C(Cn1nnc2ccccc2c1=O)N1CCC(C2OCCO2)CC1. The van der Waals surface area contributed by atoms with E-state index in [4.69, 9.17) is 9.47 Å². The van der Waals surface area contributed by atoms with Crippen molar-refractivity contribution in [2.24, 2.45) is 5.92 Å². The predicted octanol–water partition coefficient (Wildman–Crippen LogP) is 0.403. The smallest absolute Gasteiger partial charge is 0.278 e. The van der Waals surface area contributed by atoms with Crippen molar-refractivity contribution >= 4 is 16.8 Å². The van der Waals surface area contributed by atoms with Crippen LogP contribution in [0.3, 0.4) is 0 Å². The van der Waals surface area contributed by atoms with E-state index in [0.29, 0.717) is 43.1 Å². The average molecular weight is 344 g/mol. The maximum Gasteiger partial charge on any atom is 0.278 e. The topological polar surface area (TPSA) is 86.5 Å². The van der Waals surface area contributed by atoms with Gasteiger partial charge in [0.2, 0.25) is 5.91 Å². The van der Waals surface area contributed by atoms with E-state index in [1.807, 2.05) is 0 Å². The van der Waals surface area contributed by atoms with Crippen LogP contribution in [0.25, 0.3) is 10.9 Å². The number of carbonyl (C=O) groups is 1. The number of likely N-dealkylation sites (tertiary alicyclic amines) is 1. The average Bonchev–Trinajstić information content (AvgIpc) is 3.19. The molecule has 8 heteroatoms. The van der Waals surface area contributed by atoms with E-state index in [2.05, 4.69) is 10.3 Å². The molecule has 1 aromatic heterocycles. The predicted molar refractivity (Wildman–Crippen MR) is 88.8 cm³/mol. The third-order valence-corrected chi connectivity index (χ3v) is 4.84. The van der Waals surface area contributed by atoms with Crippen LogP contribution in [-0.4, -0.2) is 58.4 Å². The monoisotopic (exact) mass is 344 g/mol. The molecule has 2 aliphatic heterocycles. The van der Waals surface area contributed by atoms with Crippen LogP contribution in [0.2, 0.25) is 0 Å². The summed E-state index contributed by atoms with van der Waals surface area (Å²) in [7, 11) is 0. The van der Waals surface area contributed by atoms with E-state index in [1.54, 1.807) is 29.2 Å². The summed E-state index contributed by atoms with van der Waals surface area (Å²) in [4.78, 5) is 26.7. The molecule has 0 aliphatic carbocycles. The first-order valence-corrected chi connectivity index (χ1v) is 8.56. The Hall–Kier alpha value is -2.32. The van der Waals surface area contributed by atoms with E-state index >= 15 is 0 Å². The summed E-state index contributed by atoms with van der Waals surface area (Å²) < 4.78 is 12.2. The van der Waals surface area contributed by atoms with Gasteiger partial charge in [-0.2, -0.15) is 0 Å². The molecule has 2 aliphatic rings. The lowest BCUT2D eigenvalue weighted by Gasteiger charge is -2.33. The van der Waals surface area contributed by atoms with Crippen molar-refractivity contribution in [2.75, 3.05) is 26.3 Å². The van der Waals surface area contributed by atoms with Gasteiger partial charge in [-0.1, -0.05) is 17.3 Å². The summed E-state index contributed by atoms with van der Waals surface area (Å²) in [5, 5.41) is 8.37. The molecule has 8 nitrogen and oxygen atoms in total. The zero-order valence-electron chi connectivity index (χ0n) is 13.8. The first kappa shape index (κ1) is 16.2. The fourth-order valence-corrected chi connectivity index (χ4v) is 3.42. The summed E-state index contributed by atoms with van der Waals surface area (Å²) in [5.74, 6) is 0.216. The lowest BCUT2D eigenvalue weighted by molar-refractivity contribution is -0.137. The molecule has 0 spiro atoms. The Morgan fingerprint density at radius 1 is 1.16 bits per heavy atom. The van der Waals surface area contributed by atoms with Crippen LogP contribution in [0.15, 0.2) is 29.1 Å². The molecule has 25 heavy (non-hydrogen) atoms. The Balaban J connectivity index is 1.41. The van der Waals surface area contributed by atoms with Crippen LogP contribution in [-0.2, 0) is 20.8 Å². The van der Waals surface area contributed by atoms with Gasteiger partial charge in [-0.3, -0.25) is 9.59 Å². The second-order valence-electron chi connectivity index (χ2n) is 6.40. The number of hydrogen-bond donors (Lipinski definition) is 0. The Kier molecular flexibility index (Phi) is 4.46. The largest absolute Gasteiger partial charge is 0.350 e. The third kappa shape index (κ3) is 3.27. The number of hydrogen-bond acceptors (Lipinski definition) is 6. The minimum Gasteiger partial charge on any atom is -0.350 e. The van der Waals surface area contributed by atoms with Gasteiger partial charge in [0.15, 0.2) is 6.29 Å². The lowest BCUT2D eigenvalue weighted by atomic mass is 9.96. The molecule has 2 aromatic rings. The molecule has 1 amide bonds. The van der Waals surface area contributed by atoms with Crippen LogP contribution >= 0.6 is 0 Å². The number of fused-ring (bicyclic) bond motifs is 1. The number of rotatable bonds is 3. The van der Waals surface area contributed by atoms with Gasteiger partial charge in [0, 0.05) is 19.0 Å². The third-order valence-electron chi connectivity index (χ3n) is 4.84. The van der Waals surface area contributed by atoms with Crippen molar-refractivity contribution in [3.05, 3.63) is 34.6 Å². The standard InChI is InChI=1S/C17H20N4O4/c22-15(20-7-5-12(6-8-20)17-24-9-10-25-17)11-21-16(23)13-3-1-2-4-14(13)18-19-21/h1-4,12,17H,5-11H2. The maximum absolute atomic E-state index is 12.5. The van der Waals surface area contributed by atoms with E-state index < -0.39 is 0 Å². The Morgan fingerprint density at radius 2 is 1.88 bits per heavy atom. The Bertz CT molecular complexity index is 823. The molecule has 0 atom stereocenters. The van der Waals surface area contributed by atoms with Crippen LogP contribution in [0.4, 0.5) is 0 Å². The lowest BCUT2D eigenvalue weighted by Crippen LogP contribution is -2.44.